The Morgan fingerprint density at radius 3 is 2.39 bits per heavy atom. The van der Waals surface area contributed by atoms with Crippen molar-refractivity contribution in [3.05, 3.63) is 71.9 Å². The first kappa shape index (κ1) is 22.9. The number of fused-ring (bicyclic) bond motifs is 1. The van der Waals surface area contributed by atoms with E-state index in [4.69, 9.17) is 12.2 Å². The van der Waals surface area contributed by atoms with Gasteiger partial charge in [0.25, 0.3) is 10.0 Å². The van der Waals surface area contributed by atoms with Crippen LogP contribution in [0, 0.1) is 0 Å². The third kappa shape index (κ3) is 5.38. The van der Waals surface area contributed by atoms with Gasteiger partial charge in [0.1, 0.15) is 0 Å². The molecule has 33 heavy (non-hydrogen) atoms. The molecule has 13 heteroatoms. The molecule has 0 aliphatic rings. The largest absolute Gasteiger partial charge is 0.416 e. The maximum absolute atomic E-state index is 12.9. The van der Waals surface area contributed by atoms with Crippen molar-refractivity contribution < 1.29 is 21.6 Å². The quantitative estimate of drug-likeness (QED) is 0.314. The van der Waals surface area contributed by atoms with Crippen molar-refractivity contribution in [3.63, 3.8) is 0 Å². The monoisotopic (exact) mass is 509 g/mol. The van der Waals surface area contributed by atoms with Crippen LogP contribution in [0.4, 0.5) is 29.7 Å². The molecule has 4 aromatic rings. The second kappa shape index (κ2) is 8.92. The molecule has 0 saturated heterocycles. The van der Waals surface area contributed by atoms with Crippen LogP contribution in [0.1, 0.15) is 5.56 Å². The maximum Gasteiger partial charge on any atom is 0.416 e. The van der Waals surface area contributed by atoms with Crippen molar-refractivity contribution >= 4 is 66.1 Å². The molecule has 0 aliphatic heterocycles. The average molecular weight is 510 g/mol. The summed E-state index contributed by atoms with van der Waals surface area (Å²) in [6.45, 7) is 0. The Kier molecular flexibility index (Phi) is 6.19. The van der Waals surface area contributed by atoms with Crippen LogP contribution in [0.15, 0.2) is 71.2 Å². The molecule has 0 saturated carbocycles. The number of alkyl halides is 3. The highest BCUT2D eigenvalue weighted by Crippen LogP contribution is 2.32. The van der Waals surface area contributed by atoms with E-state index >= 15 is 0 Å². The lowest BCUT2D eigenvalue weighted by Crippen LogP contribution is -2.19. The van der Waals surface area contributed by atoms with Gasteiger partial charge in [-0.1, -0.05) is 6.07 Å². The van der Waals surface area contributed by atoms with Crippen molar-refractivity contribution in [2.45, 2.75) is 11.1 Å². The summed E-state index contributed by atoms with van der Waals surface area (Å²) in [5.74, 6) is 0. The van der Waals surface area contributed by atoms with Crippen LogP contribution in [-0.2, 0) is 16.2 Å². The van der Waals surface area contributed by atoms with Crippen LogP contribution >= 0.6 is 23.6 Å². The Hall–Kier alpha value is -3.29. The Morgan fingerprint density at radius 1 is 0.970 bits per heavy atom. The molecule has 4 rings (SSSR count). The van der Waals surface area contributed by atoms with Crippen molar-refractivity contribution in [2.75, 3.05) is 15.4 Å². The summed E-state index contributed by atoms with van der Waals surface area (Å²) in [4.78, 5) is 7.93. The molecule has 2 heterocycles. The lowest BCUT2D eigenvalue weighted by Gasteiger charge is -2.14. The van der Waals surface area contributed by atoms with Crippen LogP contribution in [-0.4, -0.2) is 23.5 Å². The van der Waals surface area contributed by atoms with Crippen LogP contribution in [0.2, 0.25) is 0 Å². The molecule has 0 spiro atoms. The van der Waals surface area contributed by atoms with E-state index in [1.165, 1.54) is 42.7 Å². The zero-order valence-electron chi connectivity index (χ0n) is 16.4. The Balaban J connectivity index is 1.46. The Bertz CT molecular complexity index is 1410. The summed E-state index contributed by atoms with van der Waals surface area (Å²) in [5.41, 5.74) is 0.358. The first-order valence-corrected chi connectivity index (χ1v) is 12.0. The second-order valence-corrected chi connectivity index (χ2v) is 9.62. The van der Waals surface area contributed by atoms with E-state index in [2.05, 4.69) is 25.3 Å². The number of pyridine rings is 1. The lowest BCUT2D eigenvalue weighted by molar-refractivity contribution is -0.137. The summed E-state index contributed by atoms with van der Waals surface area (Å²) >= 11 is 6.45. The minimum absolute atomic E-state index is 0.0442. The van der Waals surface area contributed by atoms with Crippen LogP contribution in [0.25, 0.3) is 10.9 Å². The fourth-order valence-corrected chi connectivity index (χ4v) is 4.90. The van der Waals surface area contributed by atoms with E-state index < -0.39 is 21.8 Å². The van der Waals surface area contributed by atoms with E-state index in [1.807, 2.05) is 0 Å². The summed E-state index contributed by atoms with van der Waals surface area (Å²) < 4.78 is 66.0. The van der Waals surface area contributed by atoms with E-state index in [1.54, 1.807) is 11.4 Å². The molecular weight excluding hydrogens is 495 g/mol. The number of rotatable bonds is 5. The van der Waals surface area contributed by atoms with Gasteiger partial charge in [-0.3, -0.25) is 9.71 Å². The number of hydrogen-bond donors (Lipinski definition) is 3. The summed E-state index contributed by atoms with van der Waals surface area (Å²) in [6.07, 6.45) is -1.60. The SMILES string of the molecule is O=S(=O)(Nc1nccs1)c1ccc(NC(=S)Nc2ccnc3cc(C(F)(F)F)ccc23)cc1. The number of hydrogen-bond acceptors (Lipinski definition) is 6. The number of aromatic nitrogens is 2. The van der Waals surface area contributed by atoms with Gasteiger partial charge < -0.3 is 10.6 Å². The standard InChI is InChI=1S/C20H14F3N5O2S3/c21-20(22,23)12-1-6-15-16(7-8-24-17(15)11-12)27-18(31)26-13-2-4-14(5-3-13)33(29,30)28-19-25-9-10-32-19/h1-11H,(H,25,28)(H2,24,26,27,31). The van der Waals surface area contributed by atoms with Gasteiger partial charge in [-0.25, -0.2) is 13.4 Å². The van der Waals surface area contributed by atoms with Crippen LogP contribution < -0.4 is 15.4 Å². The van der Waals surface area contributed by atoms with Crippen LogP contribution in [0.3, 0.4) is 0 Å². The van der Waals surface area contributed by atoms with Gasteiger partial charge in [0, 0.05) is 28.8 Å². The second-order valence-electron chi connectivity index (χ2n) is 6.63. The van der Waals surface area contributed by atoms with Gasteiger partial charge in [0.2, 0.25) is 0 Å². The van der Waals surface area contributed by atoms with E-state index in [0.717, 1.165) is 23.5 Å². The highest BCUT2D eigenvalue weighted by molar-refractivity contribution is 7.93. The summed E-state index contributed by atoms with van der Waals surface area (Å²) in [7, 11) is -3.78. The number of halogens is 3. The normalized spacial score (nSPS) is 11.8. The number of thiazole rings is 1. The molecule has 0 atom stereocenters. The average Bonchev–Trinajstić information content (AvgIpc) is 3.25. The smallest absolute Gasteiger partial charge is 0.332 e. The first-order chi connectivity index (χ1) is 15.6. The van der Waals surface area contributed by atoms with E-state index in [9.17, 15) is 21.6 Å². The highest BCUT2D eigenvalue weighted by atomic mass is 32.2. The zero-order chi connectivity index (χ0) is 23.6. The maximum atomic E-state index is 12.9. The van der Waals surface area contributed by atoms with E-state index in [0.29, 0.717) is 16.8 Å². The fourth-order valence-electron chi connectivity index (χ4n) is 2.88. The molecule has 2 aromatic carbocycles. The lowest BCUT2D eigenvalue weighted by atomic mass is 10.1. The number of nitrogens with one attached hydrogen (secondary N) is 3. The highest BCUT2D eigenvalue weighted by Gasteiger charge is 2.30. The first-order valence-electron chi connectivity index (χ1n) is 9.18. The molecular formula is C20H14F3N5O2S3. The third-order valence-corrected chi connectivity index (χ3v) is 6.77. The molecule has 0 aliphatic carbocycles. The van der Waals surface area contributed by atoms with Crippen molar-refractivity contribution in [3.8, 4) is 0 Å². The van der Waals surface area contributed by atoms with Crippen LogP contribution in [0.5, 0.6) is 0 Å². The number of benzene rings is 2. The topological polar surface area (TPSA) is 96.0 Å². The Morgan fingerprint density at radius 2 is 1.73 bits per heavy atom. The third-order valence-electron chi connectivity index (χ3n) is 4.39. The molecule has 0 radical (unpaired) electrons. The van der Waals surface area contributed by atoms with Crippen molar-refractivity contribution in [2.24, 2.45) is 0 Å². The molecule has 0 bridgehead atoms. The van der Waals surface area contributed by atoms with E-state index in [-0.39, 0.29) is 20.7 Å². The molecule has 2 aromatic heterocycles. The summed E-state index contributed by atoms with van der Waals surface area (Å²) in [6, 6.07) is 10.7. The minimum Gasteiger partial charge on any atom is -0.332 e. The van der Waals surface area contributed by atoms with Gasteiger partial charge in [0.15, 0.2) is 10.2 Å². The molecule has 0 amide bonds. The Labute approximate surface area is 195 Å². The molecule has 3 N–H and O–H groups in total. The van der Waals surface area contributed by atoms with Gasteiger partial charge in [-0.2, -0.15) is 13.2 Å². The molecule has 170 valence electrons. The van der Waals surface area contributed by atoms with Crippen molar-refractivity contribution in [1.29, 1.82) is 0 Å². The van der Waals surface area contributed by atoms with Gasteiger partial charge in [0.05, 0.1) is 21.7 Å². The summed E-state index contributed by atoms with van der Waals surface area (Å²) in [5, 5.41) is 8.38. The van der Waals surface area contributed by atoms with Gasteiger partial charge in [-0.15, -0.1) is 11.3 Å². The number of thiocarbonyl (C=S) groups is 1. The van der Waals surface area contributed by atoms with Gasteiger partial charge >= 0.3 is 6.18 Å². The zero-order valence-corrected chi connectivity index (χ0v) is 18.9. The number of anilines is 3. The number of nitrogens with zero attached hydrogens (tertiary/aromatic N) is 2. The minimum atomic E-state index is -4.47. The predicted molar refractivity (Wildman–Crippen MR) is 126 cm³/mol. The molecule has 7 nitrogen and oxygen atoms in total. The van der Waals surface area contributed by atoms with Gasteiger partial charge in [-0.05, 0) is 54.7 Å². The molecule has 0 fully saturated rings. The number of sulfonamides is 1. The fraction of sp³-hybridized carbons (Fsp3) is 0.0500. The predicted octanol–water partition coefficient (Wildman–Crippen LogP) is 5.32. The molecule has 0 unspecified atom stereocenters. The van der Waals surface area contributed by atoms with Crippen molar-refractivity contribution in [1.82, 2.24) is 9.97 Å².